The summed E-state index contributed by atoms with van der Waals surface area (Å²) in [6, 6.07) is -0.106. The molecule has 1 amide bonds. The SMILES string of the molecule is C[C@@H](NC(=O)c1cn[nH]c1[C@H]1CCOC1)c1nccs1. The summed E-state index contributed by atoms with van der Waals surface area (Å²) in [7, 11) is 0. The maximum atomic E-state index is 12.4. The van der Waals surface area contributed by atoms with Gasteiger partial charge in [0.25, 0.3) is 5.91 Å². The topological polar surface area (TPSA) is 79.9 Å². The number of carbonyl (C=O) groups is 1. The van der Waals surface area contributed by atoms with Crippen molar-refractivity contribution in [2.24, 2.45) is 0 Å². The Kier molecular flexibility index (Phi) is 3.79. The number of amides is 1. The van der Waals surface area contributed by atoms with Gasteiger partial charge < -0.3 is 10.1 Å². The minimum Gasteiger partial charge on any atom is -0.381 e. The van der Waals surface area contributed by atoms with Crippen molar-refractivity contribution in [1.82, 2.24) is 20.5 Å². The third-order valence-corrected chi connectivity index (χ3v) is 4.38. The summed E-state index contributed by atoms with van der Waals surface area (Å²) >= 11 is 1.53. The molecule has 7 heteroatoms. The fourth-order valence-corrected chi connectivity index (χ4v) is 2.98. The summed E-state index contributed by atoms with van der Waals surface area (Å²) in [5.74, 6) is 0.108. The van der Waals surface area contributed by atoms with Crippen LogP contribution in [0.2, 0.25) is 0 Å². The molecule has 0 aromatic carbocycles. The highest BCUT2D eigenvalue weighted by atomic mass is 32.1. The van der Waals surface area contributed by atoms with E-state index in [4.69, 9.17) is 4.74 Å². The van der Waals surface area contributed by atoms with Gasteiger partial charge in [-0.05, 0) is 13.3 Å². The molecule has 106 valence electrons. The smallest absolute Gasteiger partial charge is 0.255 e. The number of thiazole rings is 1. The van der Waals surface area contributed by atoms with E-state index < -0.39 is 0 Å². The fraction of sp³-hybridized carbons (Fsp3) is 0.462. The summed E-state index contributed by atoms with van der Waals surface area (Å²) in [5.41, 5.74) is 1.47. The van der Waals surface area contributed by atoms with Crippen molar-refractivity contribution in [3.05, 3.63) is 34.0 Å². The Morgan fingerprint density at radius 1 is 1.65 bits per heavy atom. The van der Waals surface area contributed by atoms with Crippen LogP contribution in [0.4, 0.5) is 0 Å². The van der Waals surface area contributed by atoms with Gasteiger partial charge in [0, 0.05) is 24.1 Å². The Morgan fingerprint density at radius 3 is 3.25 bits per heavy atom. The minimum absolute atomic E-state index is 0.106. The molecule has 2 aromatic rings. The lowest BCUT2D eigenvalue weighted by molar-refractivity contribution is 0.0938. The molecule has 1 aliphatic rings. The van der Waals surface area contributed by atoms with Crippen LogP contribution in [-0.2, 0) is 4.74 Å². The molecule has 0 bridgehead atoms. The fourth-order valence-electron chi connectivity index (χ4n) is 2.33. The van der Waals surface area contributed by atoms with E-state index in [1.54, 1.807) is 12.4 Å². The molecule has 2 atom stereocenters. The summed E-state index contributed by atoms with van der Waals surface area (Å²) in [6.45, 7) is 3.31. The number of carbonyl (C=O) groups excluding carboxylic acids is 1. The predicted octanol–water partition coefficient (Wildman–Crippen LogP) is 1.86. The maximum absolute atomic E-state index is 12.4. The first-order valence-electron chi connectivity index (χ1n) is 6.57. The average molecular weight is 292 g/mol. The van der Waals surface area contributed by atoms with Crippen molar-refractivity contribution in [2.75, 3.05) is 13.2 Å². The van der Waals surface area contributed by atoms with Crippen molar-refractivity contribution in [3.8, 4) is 0 Å². The van der Waals surface area contributed by atoms with Crippen LogP contribution in [0, 0.1) is 0 Å². The van der Waals surface area contributed by atoms with Crippen LogP contribution in [0.15, 0.2) is 17.8 Å². The molecule has 0 radical (unpaired) electrons. The van der Waals surface area contributed by atoms with Crippen LogP contribution in [0.1, 0.15) is 46.4 Å². The molecule has 0 spiro atoms. The molecule has 3 rings (SSSR count). The zero-order valence-electron chi connectivity index (χ0n) is 11.1. The highest BCUT2D eigenvalue weighted by Crippen LogP contribution is 2.26. The largest absolute Gasteiger partial charge is 0.381 e. The number of aromatic nitrogens is 3. The van der Waals surface area contributed by atoms with Crippen molar-refractivity contribution < 1.29 is 9.53 Å². The zero-order chi connectivity index (χ0) is 13.9. The third kappa shape index (κ3) is 2.59. The molecule has 0 aliphatic carbocycles. The molecule has 2 aromatic heterocycles. The van der Waals surface area contributed by atoms with E-state index in [2.05, 4.69) is 20.5 Å². The first kappa shape index (κ1) is 13.3. The van der Waals surface area contributed by atoms with E-state index in [-0.39, 0.29) is 17.9 Å². The van der Waals surface area contributed by atoms with Gasteiger partial charge in [0.1, 0.15) is 5.01 Å². The lowest BCUT2D eigenvalue weighted by Gasteiger charge is -2.12. The number of hydrogen-bond acceptors (Lipinski definition) is 5. The average Bonchev–Trinajstić information content (AvgIpc) is 3.19. The van der Waals surface area contributed by atoms with Crippen molar-refractivity contribution in [2.45, 2.75) is 25.3 Å². The maximum Gasteiger partial charge on any atom is 0.255 e. The highest BCUT2D eigenvalue weighted by molar-refractivity contribution is 7.09. The van der Waals surface area contributed by atoms with Gasteiger partial charge >= 0.3 is 0 Å². The minimum atomic E-state index is -0.122. The van der Waals surface area contributed by atoms with Crippen LogP contribution in [0.3, 0.4) is 0 Å². The Balaban J connectivity index is 1.72. The monoisotopic (exact) mass is 292 g/mol. The molecular formula is C13H16N4O2S. The van der Waals surface area contributed by atoms with E-state index in [0.717, 1.165) is 23.7 Å². The van der Waals surface area contributed by atoms with Gasteiger partial charge in [-0.15, -0.1) is 11.3 Å². The quantitative estimate of drug-likeness (QED) is 0.901. The number of rotatable bonds is 4. The summed E-state index contributed by atoms with van der Waals surface area (Å²) in [4.78, 5) is 16.6. The zero-order valence-corrected chi connectivity index (χ0v) is 11.9. The van der Waals surface area contributed by atoms with Crippen LogP contribution >= 0.6 is 11.3 Å². The van der Waals surface area contributed by atoms with E-state index in [9.17, 15) is 4.79 Å². The number of ether oxygens (including phenoxy) is 1. The molecule has 6 nitrogen and oxygen atoms in total. The number of hydrogen-bond donors (Lipinski definition) is 2. The number of H-pyrrole nitrogens is 1. The van der Waals surface area contributed by atoms with Crippen LogP contribution in [0.25, 0.3) is 0 Å². The van der Waals surface area contributed by atoms with Crippen LogP contribution < -0.4 is 5.32 Å². The first-order valence-corrected chi connectivity index (χ1v) is 7.45. The van der Waals surface area contributed by atoms with E-state index in [1.165, 1.54) is 11.3 Å². The van der Waals surface area contributed by atoms with Gasteiger partial charge in [0.2, 0.25) is 0 Å². The van der Waals surface area contributed by atoms with E-state index >= 15 is 0 Å². The normalized spacial score (nSPS) is 19.9. The Bertz CT molecular complexity index is 575. The Labute approximate surface area is 120 Å². The molecular weight excluding hydrogens is 276 g/mol. The predicted molar refractivity (Wildman–Crippen MR) is 74.8 cm³/mol. The number of nitrogens with zero attached hydrogens (tertiary/aromatic N) is 2. The molecule has 1 aliphatic heterocycles. The molecule has 2 N–H and O–H groups in total. The molecule has 0 saturated carbocycles. The van der Waals surface area contributed by atoms with Crippen molar-refractivity contribution >= 4 is 17.2 Å². The Hall–Kier alpha value is -1.73. The van der Waals surface area contributed by atoms with Gasteiger partial charge in [-0.2, -0.15) is 5.10 Å². The first-order chi connectivity index (χ1) is 9.75. The lowest BCUT2D eigenvalue weighted by Crippen LogP contribution is -2.27. The van der Waals surface area contributed by atoms with E-state index in [0.29, 0.717) is 12.2 Å². The van der Waals surface area contributed by atoms with Crippen molar-refractivity contribution in [1.29, 1.82) is 0 Å². The number of nitrogens with one attached hydrogen (secondary N) is 2. The molecule has 20 heavy (non-hydrogen) atoms. The second kappa shape index (κ2) is 5.72. The van der Waals surface area contributed by atoms with Gasteiger partial charge in [0.15, 0.2) is 0 Å². The standard InChI is InChI=1S/C13H16N4O2S/c1-8(13-14-3-5-20-13)16-12(18)10-6-15-17-11(10)9-2-4-19-7-9/h3,5-6,8-9H,2,4,7H2,1H3,(H,15,17)(H,16,18)/t8-,9+/m1/s1. The van der Waals surface area contributed by atoms with Crippen LogP contribution in [-0.4, -0.2) is 34.3 Å². The Morgan fingerprint density at radius 2 is 2.55 bits per heavy atom. The third-order valence-electron chi connectivity index (χ3n) is 3.42. The lowest BCUT2D eigenvalue weighted by atomic mass is 10.0. The molecule has 3 heterocycles. The molecule has 1 fully saturated rings. The van der Waals surface area contributed by atoms with E-state index in [1.807, 2.05) is 12.3 Å². The second-order valence-corrected chi connectivity index (χ2v) is 5.75. The highest BCUT2D eigenvalue weighted by Gasteiger charge is 2.26. The number of aromatic amines is 1. The van der Waals surface area contributed by atoms with Crippen LogP contribution in [0.5, 0.6) is 0 Å². The van der Waals surface area contributed by atoms with Crippen molar-refractivity contribution in [3.63, 3.8) is 0 Å². The van der Waals surface area contributed by atoms with Gasteiger partial charge in [-0.3, -0.25) is 9.89 Å². The summed E-state index contributed by atoms with van der Waals surface area (Å²) in [6.07, 6.45) is 4.24. The van der Waals surface area contributed by atoms with Gasteiger partial charge in [0.05, 0.1) is 30.1 Å². The van der Waals surface area contributed by atoms with Gasteiger partial charge in [-0.1, -0.05) is 0 Å². The van der Waals surface area contributed by atoms with Gasteiger partial charge in [-0.25, -0.2) is 4.98 Å². The summed E-state index contributed by atoms with van der Waals surface area (Å²) in [5, 5.41) is 12.7. The summed E-state index contributed by atoms with van der Waals surface area (Å²) < 4.78 is 5.37. The molecule has 1 saturated heterocycles. The molecule has 0 unspecified atom stereocenters. The second-order valence-electron chi connectivity index (χ2n) is 4.82.